The van der Waals surface area contributed by atoms with Crippen LogP contribution >= 0.6 is 12.4 Å². The zero-order chi connectivity index (χ0) is 9.12. The molecule has 0 unspecified atom stereocenters. The predicted octanol–water partition coefficient (Wildman–Crippen LogP) is 1.30. The Balaban J connectivity index is 0.000000722. The van der Waals surface area contributed by atoms with E-state index in [2.05, 4.69) is 15.5 Å². The number of halogens is 1. The second-order valence-corrected chi connectivity index (χ2v) is 4.78. The van der Waals surface area contributed by atoms with Crippen molar-refractivity contribution in [3.05, 3.63) is 11.7 Å². The molecule has 0 bridgehead atoms. The standard InChI is InChI=1S/C10H13N3O.ClH/c1-2-5(1)10-12-9(13-14-10)8-6-3-11-4-7(6)8;/h5-8,11H,1-4H2;1H/t6-,7+,8+;. The fraction of sp³-hybridized carbons (Fsp3) is 0.800. The zero-order valence-corrected chi connectivity index (χ0v) is 9.17. The van der Waals surface area contributed by atoms with Crippen LogP contribution in [0.5, 0.6) is 0 Å². The Morgan fingerprint density at radius 2 is 1.93 bits per heavy atom. The van der Waals surface area contributed by atoms with Crippen LogP contribution in [0.1, 0.15) is 36.4 Å². The molecule has 0 radical (unpaired) electrons. The average Bonchev–Trinajstić information content (AvgIpc) is 3.07. The minimum Gasteiger partial charge on any atom is -0.339 e. The molecule has 1 aliphatic heterocycles. The van der Waals surface area contributed by atoms with Gasteiger partial charge in [-0.3, -0.25) is 0 Å². The molecule has 4 rings (SSSR count). The SMILES string of the molecule is C1CC1c1nc([C@H]2[C@@H]3CNC[C@@H]32)no1.Cl. The third-order valence-corrected chi connectivity index (χ3v) is 3.77. The Morgan fingerprint density at radius 1 is 1.20 bits per heavy atom. The number of piperidine rings is 1. The lowest BCUT2D eigenvalue weighted by atomic mass is 10.2. The van der Waals surface area contributed by atoms with Gasteiger partial charge in [-0.05, 0) is 37.8 Å². The van der Waals surface area contributed by atoms with E-state index in [1.807, 2.05) is 0 Å². The van der Waals surface area contributed by atoms with Gasteiger partial charge in [0.2, 0.25) is 5.89 Å². The second-order valence-electron chi connectivity index (χ2n) is 4.78. The van der Waals surface area contributed by atoms with Crippen molar-refractivity contribution in [1.82, 2.24) is 15.5 Å². The van der Waals surface area contributed by atoms with Gasteiger partial charge in [0.15, 0.2) is 5.82 Å². The quantitative estimate of drug-likeness (QED) is 0.828. The third kappa shape index (κ3) is 1.39. The van der Waals surface area contributed by atoms with Crippen LogP contribution < -0.4 is 5.32 Å². The van der Waals surface area contributed by atoms with Gasteiger partial charge >= 0.3 is 0 Å². The molecule has 4 nitrogen and oxygen atoms in total. The van der Waals surface area contributed by atoms with E-state index in [0.717, 1.165) is 36.6 Å². The summed E-state index contributed by atoms with van der Waals surface area (Å²) in [6.07, 6.45) is 2.47. The lowest BCUT2D eigenvalue weighted by Gasteiger charge is -1.97. The van der Waals surface area contributed by atoms with Gasteiger partial charge in [0.05, 0.1) is 0 Å². The molecular weight excluding hydrogens is 214 g/mol. The molecule has 0 spiro atoms. The first kappa shape index (κ1) is 9.60. The predicted molar refractivity (Wildman–Crippen MR) is 56.1 cm³/mol. The number of nitrogens with one attached hydrogen (secondary N) is 1. The highest BCUT2D eigenvalue weighted by Gasteiger charge is 2.56. The normalized spacial score (nSPS) is 37.2. The van der Waals surface area contributed by atoms with Gasteiger partial charge in [0.25, 0.3) is 0 Å². The minimum absolute atomic E-state index is 0. The van der Waals surface area contributed by atoms with E-state index < -0.39 is 0 Å². The summed E-state index contributed by atoms with van der Waals surface area (Å²) in [7, 11) is 0. The van der Waals surface area contributed by atoms with Crippen molar-refractivity contribution >= 4 is 12.4 Å². The fourth-order valence-electron chi connectivity index (χ4n) is 2.68. The maximum Gasteiger partial charge on any atom is 0.229 e. The monoisotopic (exact) mass is 227 g/mol. The molecular formula is C10H14ClN3O. The van der Waals surface area contributed by atoms with Gasteiger partial charge < -0.3 is 9.84 Å². The molecule has 1 saturated heterocycles. The van der Waals surface area contributed by atoms with Crippen LogP contribution in [0.2, 0.25) is 0 Å². The maximum absolute atomic E-state index is 5.27. The van der Waals surface area contributed by atoms with E-state index >= 15 is 0 Å². The number of hydrogen-bond acceptors (Lipinski definition) is 4. The summed E-state index contributed by atoms with van der Waals surface area (Å²) < 4.78 is 5.27. The number of rotatable bonds is 2. The van der Waals surface area contributed by atoms with Crippen LogP contribution in [0.4, 0.5) is 0 Å². The van der Waals surface area contributed by atoms with Crippen LogP contribution in [-0.2, 0) is 0 Å². The van der Waals surface area contributed by atoms with Gasteiger partial charge in [-0.15, -0.1) is 12.4 Å². The topological polar surface area (TPSA) is 51.0 Å². The van der Waals surface area contributed by atoms with E-state index in [-0.39, 0.29) is 12.4 Å². The van der Waals surface area contributed by atoms with E-state index in [9.17, 15) is 0 Å². The third-order valence-electron chi connectivity index (χ3n) is 3.77. The van der Waals surface area contributed by atoms with Gasteiger partial charge in [-0.25, -0.2) is 0 Å². The number of nitrogens with zero attached hydrogens (tertiary/aromatic N) is 2. The number of fused-ring (bicyclic) bond motifs is 1. The highest BCUT2D eigenvalue weighted by atomic mass is 35.5. The molecule has 1 aromatic rings. The molecule has 3 fully saturated rings. The highest BCUT2D eigenvalue weighted by molar-refractivity contribution is 5.85. The van der Waals surface area contributed by atoms with Crippen molar-refractivity contribution < 1.29 is 4.52 Å². The van der Waals surface area contributed by atoms with Gasteiger partial charge in [-0.2, -0.15) is 4.98 Å². The molecule has 5 heteroatoms. The number of hydrogen-bond donors (Lipinski definition) is 1. The molecule has 2 saturated carbocycles. The summed E-state index contributed by atoms with van der Waals surface area (Å²) in [5.41, 5.74) is 0. The molecule has 1 aromatic heterocycles. The van der Waals surface area contributed by atoms with Crippen molar-refractivity contribution in [3.63, 3.8) is 0 Å². The summed E-state index contributed by atoms with van der Waals surface area (Å²) in [4.78, 5) is 4.51. The molecule has 2 heterocycles. The molecule has 1 N–H and O–H groups in total. The van der Waals surface area contributed by atoms with Crippen molar-refractivity contribution in [1.29, 1.82) is 0 Å². The Hall–Kier alpha value is -0.610. The van der Waals surface area contributed by atoms with Crippen LogP contribution in [0.25, 0.3) is 0 Å². The van der Waals surface area contributed by atoms with Gasteiger partial charge in [0.1, 0.15) is 0 Å². The Bertz CT molecular complexity index is 366. The smallest absolute Gasteiger partial charge is 0.229 e. The Labute approximate surface area is 94.2 Å². The molecule has 3 atom stereocenters. The molecule has 0 amide bonds. The van der Waals surface area contributed by atoms with E-state index in [1.54, 1.807) is 0 Å². The first-order chi connectivity index (χ1) is 6.93. The van der Waals surface area contributed by atoms with Crippen molar-refractivity contribution in [2.24, 2.45) is 11.8 Å². The first-order valence-electron chi connectivity index (χ1n) is 5.47. The van der Waals surface area contributed by atoms with Crippen molar-refractivity contribution in [2.45, 2.75) is 24.7 Å². The van der Waals surface area contributed by atoms with Crippen molar-refractivity contribution in [3.8, 4) is 0 Å². The minimum atomic E-state index is 0. The van der Waals surface area contributed by atoms with Crippen LogP contribution in [0.3, 0.4) is 0 Å². The second kappa shape index (κ2) is 3.19. The molecule has 3 aliphatic rings. The van der Waals surface area contributed by atoms with Gasteiger partial charge in [-0.1, -0.05) is 5.16 Å². The summed E-state index contributed by atoms with van der Waals surface area (Å²) in [6, 6.07) is 0. The average molecular weight is 228 g/mol. The lowest BCUT2D eigenvalue weighted by Crippen LogP contribution is -2.14. The summed E-state index contributed by atoms with van der Waals surface area (Å²) in [5.74, 6) is 4.64. The Kier molecular flexibility index (Phi) is 2.04. The highest BCUT2D eigenvalue weighted by Crippen LogP contribution is 2.55. The molecule has 15 heavy (non-hydrogen) atoms. The summed E-state index contributed by atoms with van der Waals surface area (Å²) in [5, 5.41) is 7.49. The summed E-state index contributed by atoms with van der Waals surface area (Å²) >= 11 is 0. The van der Waals surface area contributed by atoms with Gasteiger partial charge in [0, 0.05) is 11.8 Å². The molecule has 82 valence electrons. The van der Waals surface area contributed by atoms with Crippen LogP contribution in [0, 0.1) is 11.8 Å². The van der Waals surface area contributed by atoms with E-state index in [4.69, 9.17) is 4.52 Å². The Morgan fingerprint density at radius 3 is 2.60 bits per heavy atom. The molecule has 0 aromatic carbocycles. The van der Waals surface area contributed by atoms with Crippen LogP contribution in [0.15, 0.2) is 4.52 Å². The maximum atomic E-state index is 5.27. The largest absolute Gasteiger partial charge is 0.339 e. The fourth-order valence-corrected chi connectivity index (χ4v) is 2.68. The first-order valence-corrected chi connectivity index (χ1v) is 5.47. The summed E-state index contributed by atoms with van der Waals surface area (Å²) in [6.45, 7) is 2.28. The molecule has 2 aliphatic carbocycles. The van der Waals surface area contributed by atoms with Crippen molar-refractivity contribution in [2.75, 3.05) is 13.1 Å². The van der Waals surface area contributed by atoms with E-state index in [1.165, 1.54) is 12.8 Å². The lowest BCUT2D eigenvalue weighted by molar-refractivity contribution is 0.372. The van der Waals surface area contributed by atoms with Crippen LogP contribution in [-0.4, -0.2) is 23.2 Å². The number of aromatic nitrogens is 2. The zero-order valence-electron chi connectivity index (χ0n) is 8.35. The van der Waals surface area contributed by atoms with E-state index in [0.29, 0.717) is 11.8 Å².